The lowest BCUT2D eigenvalue weighted by atomic mass is 10.1. The van der Waals surface area contributed by atoms with Crippen molar-refractivity contribution in [2.75, 3.05) is 19.8 Å². The highest BCUT2D eigenvalue weighted by molar-refractivity contribution is 4.89. The molecule has 2 nitrogen and oxygen atoms in total. The van der Waals surface area contributed by atoms with E-state index >= 15 is 0 Å². The first kappa shape index (κ1) is 12.5. The minimum absolute atomic E-state index is 0.454. The van der Waals surface area contributed by atoms with Crippen LogP contribution < -0.4 is 5.32 Å². The molecule has 0 saturated heterocycles. The van der Waals surface area contributed by atoms with E-state index in [2.05, 4.69) is 25.1 Å². The molecule has 13 heavy (non-hydrogen) atoms. The number of nitrogens with one attached hydrogen (secondary N) is 1. The molecule has 0 aromatic rings. The van der Waals surface area contributed by atoms with E-state index in [9.17, 15) is 0 Å². The average Bonchev–Trinajstić information content (AvgIpc) is 2.16. The molecular weight excluding hydrogens is 162 g/mol. The highest BCUT2D eigenvalue weighted by Gasteiger charge is 2.01. The van der Waals surface area contributed by atoms with Gasteiger partial charge in [-0.1, -0.05) is 13.8 Å². The predicted octanol–water partition coefficient (Wildman–Crippen LogP) is 1.80. The van der Waals surface area contributed by atoms with Gasteiger partial charge in [0.05, 0.1) is 6.61 Å². The second kappa shape index (κ2) is 9.57. The van der Waals surface area contributed by atoms with Crippen molar-refractivity contribution in [3.8, 4) is 12.3 Å². The summed E-state index contributed by atoms with van der Waals surface area (Å²) < 4.78 is 5.34. The molecule has 0 fully saturated rings. The summed E-state index contributed by atoms with van der Waals surface area (Å²) in [5, 5.41) is 3.36. The molecule has 0 aliphatic heterocycles. The van der Waals surface area contributed by atoms with Crippen molar-refractivity contribution in [1.82, 2.24) is 5.32 Å². The van der Waals surface area contributed by atoms with Gasteiger partial charge in [-0.3, -0.25) is 0 Å². The fourth-order valence-corrected chi connectivity index (χ4v) is 1.08. The third-order valence-electron chi connectivity index (χ3n) is 1.88. The van der Waals surface area contributed by atoms with E-state index in [-0.39, 0.29) is 0 Å². The molecule has 0 aliphatic rings. The lowest BCUT2D eigenvalue weighted by molar-refractivity contribution is 0.134. The minimum Gasteiger partial charge on any atom is -0.380 e. The van der Waals surface area contributed by atoms with E-state index in [4.69, 9.17) is 11.2 Å². The maximum absolute atomic E-state index is 5.34. The normalized spacial score (nSPS) is 12.4. The first-order valence-electron chi connectivity index (χ1n) is 5.09. The Morgan fingerprint density at radius 2 is 2.15 bits per heavy atom. The van der Waals surface area contributed by atoms with E-state index in [0.29, 0.717) is 6.04 Å². The van der Waals surface area contributed by atoms with Crippen LogP contribution in [0.25, 0.3) is 0 Å². The third kappa shape index (κ3) is 7.83. The van der Waals surface area contributed by atoms with Gasteiger partial charge in [-0.15, -0.1) is 12.3 Å². The van der Waals surface area contributed by atoms with Gasteiger partial charge < -0.3 is 10.1 Å². The van der Waals surface area contributed by atoms with Crippen LogP contribution in [-0.2, 0) is 4.74 Å². The van der Waals surface area contributed by atoms with Gasteiger partial charge >= 0.3 is 0 Å². The van der Waals surface area contributed by atoms with Crippen LogP contribution in [0.15, 0.2) is 0 Å². The van der Waals surface area contributed by atoms with Crippen molar-refractivity contribution in [3.63, 3.8) is 0 Å². The molecule has 0 rings (SSSR count). The second-order valence-electron chi connectivity index (χ2n) is 3.08. The third-order valence-corrected chi connectivity index (χ3v) is 1.88. The zero-order valence-electron chi connectivity index (χ0n) is 8.81. The van der Waals surface area contributed by atoms with E-state index in [0.717, 1.165) is 39.0 Å². The highest BCUT2D eigenvalue weighted by Crippen LogP contribution is 1.94. The molecule has 0 saturated carbocycles. The summed E-state index contributed by atoms with van der Waals surface area (Å²) >= 11 is 0. The number of hydrogen-bond donors (Lipinski definition) is 1. The van der Waals surface area contributed by atoms with Crippen LogP contribution in [0.5, 0.6) is 0 Å². The van der Waals surface area contributed by atoms with Crippen molar-refractivity contribution in [2.24, 2.45) is 0 Å². The topological polar surface area (TPSA) is 21.3 Å². The Hall–Kier alpha value is -0.520. The monoisotopic (exact) mass is 183 g/mol. The van der Waals surface area contributed by atoms with Crippen LogP contribution in [0.4, 0.5) is 0 Å². The van der Waals surface area contributed by atoms with Crippen LogP contribution in [-0.4, -0.2) is 25.8 Å². The van der Waals surface area contributed by atoms with E-state index < -0.39 is 0 Å². The molecule has 0 spiro atoms. The average molecular weight is 183 g/mol. The van der Waals surface area contributed by atoms with Crippen LogP contribution in [0.3, 0.4) is 0 Å². The predicted molar refractivity (Wildman–Crippen MR) is 56.6 cm³/mol. The Balaban J connectivity index is 3.23. The molecule has 1 unspecified atom stereocenters. The summed E-state index contributed by atoms with van der Waals surface area (Å²) in [6.45, 7) is 6.80. The summed E-state index contributed by atoms with van der Waals surface area (Å²) in [5.74, 6) is 2.67. The Labute approximate surface area is 82.1 Å². The van der Waals surface area contributed by atoms with E-state index in [1.807, 2.05) is 0 Å². The first-order valence-corrected chi connectivity index (χ1v) is 5.09. The Morgan fingerprint density at radius 1 is 1.38 bits per heavy atom. The van der Waals surface area contributed by atoms with Gasteiger partial charge in [-0.2, -0.15) is 0 Å². The van der Waals surface area contributed by atoms with Gasteiger partial charge in [0.25, 0.3) is 0 Å². The molecular formula is C11H21NO. The summed E-state index contributed by atoms with van der Waals surface area (Å²) in [7, 11) is 0. The van der Waals surface area contributed by atoms with Gasteiger partial charge in [0, 0.05) is 25.6 Å². The van der Waals surface area contributed by atoms with Crippen molar-refractivity contribution in [2.45, 2.75) is 39.2 Å². The molecule has 1 N–H and O–H groups in total. The quantitative estimate of drug-likeness (QED) is 0.458. The van der Waals surface area contributed by atoms with E-state index in [1.165, 1.54) is 0 Å². The molecule has 0 heterocycles. The zero-order valence-corrected chi connectivity index (χ0v) is 8.81. The van der Waals surface area contributed by atoms with Crippen LogP contribution in [0.2, 0.25) is 0 Å². The minimum atomic E-state index is 0.454. The molecule has 1 atom stereocenters. The molecule has 0 aliphatic carbocycles. The first-order chi connectivity index (χ1) is 6.35. The Morgan fingerprint density at radius 3 is 2.69 bits per heavy atom. The largest absolute Gasteiger partial charge is 0.380 e. The molecule has 0 bridgehead atoms. The standard InChI is InChI=1S/C11H21NO/c1-4-7-11(6-3)12-8-10-13-9-5-2/h1,11-12H,5-10H2,2-3H3. The van der Waals surface area contributed by atoms with Crippen LogP contribution in [0, 0.1) is 12.3 Å². The number of hydrogen-bond acceptors (Lipinski definition) is 2. The van der Waals surface area contributed by atoms with Crippen molar-refractivity contribution in [1.29, 1.82) is 0 Å². The summed E-state index contributed by atoms with van der Waals surface area (Å²) in [5.41, 5.74) is 0. The molecule has 0 radical (unpaired) electrons. The fourth-order valence-electron chi connectivity index (χ4n) is 1.08. The van der Waals surface area contributed by atoms with Gasteiger partial charge in [-0.05, 0) is 12.8 Å². The smallest absolute Gasteiger partial charge is 0.0591 e. The van der Waals surface area contributed by atoms with Gasteiger partial charge in [0.1, 0.15) is 0 Å². The second-order valence-corrected chi connectivity index (χ2v) is 3.08. The van der Waals surface area contributed by atoms with Crippen molar-refractivity contribution in [3.05, 3.63) is 0 Å². The fraction of sp³-hybridized carbons (Fsp3) is 0.818. The summed E-state index contributed by atoms with van der Waals surface area (Å²) in [4.78, 5) is 0. The molecule has 0 aromatic carbocycles. The number of rotatable bonds is 8. The Kier molecular flexibility index (Phi) is 9.18. The lowest BCUT2D eigenvalue weighted by Crippen LogP contribution is -2.31. The van der Waals surface area contributed by atoms with Crippen molar-refractivity contribution < 1.29 is 4.74 Å². The van der Waals surface area contributed by atoms with Gasteiger partial charge in [0.15, 0.2) is 0 Å². The molecule has 0 aromatic heterocycles. The highest BCUT2D eigenvalue weighted by atomic mass is 16.5. The number of ether oxygens (including phenoxy) is 1. The summed E-state index contributed by atoms with van der Waals surface area (Å²) in [6, 6.07) is 0.454. The van der Waals surface area contributed by atoms with Gasteiger partial charge in [-0.25, -0.2) is 0 Å². The van der Waals surface area contributed by atoms with Crippen LogP contribution in [0.1, 0.15) is 33.1 Å². The molecule has 2 heteroatoms. The molecule has 76 valence electrons. The van der Waals surface area contributed by atoms with Gasteiger partial charge in [0.2, 0.25) is 0 Å². The number of terminal acetylenes is 1. The molecule has 0 amide bonds. The lowest BCUT2D eigenvalue weighted by Gasteiger charge is -2.13. The maximum atomic E-state index is 5.34. The van der Waals surface area contributed by atoms with E-state index in [1.54, 1.807) is 0 Å². The zero-order chi connectivity index (χ0) is 9.94. The summed E-state index contributed by atoms with van der Waals surface area (Å²) in [6.07, 6.45) is 8.21. The SMILES string of the molecule is C#CCC(CC)NCCOCCC. The Bertz CT molecular complexity index is 140. The maximum Gasteiger partial charge on any atom is 0.0591 e. The van der Waals surface area contributed by atoms with Crippen LogP contribution >= 0.6 is 0 Å². The van der Waals surface area contributed by atoms with Crippen molar-refractivity contribution >= 4 is 0 Å².